The maximum Gasteiger partial charge on any atom is 0.215 e. The van der Waals surface area contributed by atoms with Crippen molar-refractivity contribution >= 4 is 35.3 Å². The SMILES string of the molecule is O=CCC(c1ccccc1)[C@@]1(c2ccc(Cl)cc2)Oc2cc(OCCCl)ccc2C1=O. The summed E-state index contributed by atoms with van der Waals surface area (Å²) in [5.41, 5.74) is 0.515. The average molecular weight is 455 g/mol. The summed E-state index contributed by atoms with van der Waals surface area (Å²) in [5.74, 6) is 0.592. The predicted octanol–water partition coefficient (Wildman–Crippen LogP) is 5.80. The van der Waals surface area contributed by atoms with E-state index in [9.17, 15) is 9.59 Å². The molecule has 4 nitrogen and oxygen atoms in total. The third kappa shape index (κ3) is 3.93. The zero-order valence-electron chi connectivity index (χ0n) is 16.6. The van der Waals surface area contributed by atoms with Crippen LogP contribution in [0.25, 0.3) is 0 Å². The van der Waals surface area contributed by atoms with Crippen LogP contribution in [0.5, 0.6) is 11.5 Å². The molecule has 4 rings (SSSR count). The normalized spacial score (nSPS) is 18.2. The largest absolute Gasteiger partial charge is 0.492 e. The Balaban J connectivity index is 1.88. The number of ketones is 1. The second-order valence-electron chi connectivity index (χ2n) is 7.23. The van der Waals surface area contributed by atoms with Gasteiger partial charge in [-0.25, -0.2) is 0 Å². The van der Waals surface area contributed by atoms with Crippen molar-refractivity contribution in [3.63, 3.8) is 0 Å². The van der Waals surface area contributed by atoms with Gasteiger partial charge in [-0.05, 0) is 29.8 Å². The van der Waals surface area contributed by atoms with Crippen molar-refractivity contribution in [2.24, 2.45) is 0 Å². The molecule has 1 heterocycles. The molecule has 1 aliphatic rings. The van der Waals surface area contributed by atoms with Gasteiger partial charge in [0.1, 0.15) is 24.4 Å². The predicted molar refractivity (Wildman–Crippen MR) is 121 cm³/mol. The molecule has 3 aromatic carbocycles. The quantitative estimate of drug-likeness (QED) is 0.318. The topological polar surface area (TPSA) is 52.6 Å². The maximum atomic E-state index is 13.9. The van der Waals surface area contributed by atoms with Gasteiger partial charge in [0.15, 0.2) is 0 Å². The van der Waals surface area contributed by atoms with E-state index in [0.29, 0.717) is 40.1 Å². The van der Waals surface area contributed by atoms with Gasteiger partial charge in [-0.3, -0.25) is 4.79 Å². The minimum absolute atomic E-state index is 0.113. The van der Waals surface area contributed by atoms with Crippen molar-refractivity contribution in [1.29, 1.82) is 0 Å². The molecule has 0 spiro atoms. The number of hydrogen-bond donors (Lipinski definition) is 0. The Labute approximate surface area is 190 Å². The van der Waals surface area contributed by atoms with Crippen LogP contribution in [-0.2, 0) is 10.4 Å². The molecule has 0 radical (unpaired) electrons. The lowest BCUT2D eigenvalue weighted by Crippen LogP contribution is -2.43. The summed E-state index contributed by atoms with van der Waals surface area (Å²) in [6.45, 7) is 0.342. The van der Waals surface area contributed by atoms with Crippen LogP contribution < -0.4 is 9.47 Å². The molecule has 0 aromatic heterocycles. The molecule has 1 aliphatic heterocycles. The molecule has 158 valence electrons. The lowest BCUT2D eigenvalue weighted by Gasteiger charge is -2.35. The number of aldehydes is 1. The van der Waals surface area contributed by atoms with Crippen LogP contribution in [0.3, 0.4) is 0 Å². The molecule has 0 bridgehead atoms. The van der Waals surface area contributed by atoms with E-state index in [-0.39, 0.29) is 12.2 Å². The lowest BCUT2D eigenvalue weighted by atomic mass is 9.72. The van der Waals surface area contributed by atoms with Gasteiger partial charge in [0.05, 0.1) is 11.4 Å². The van der Waals surface area contributed by atoms with Crippen LogP contribution in [-0.4, -0.2) is 24.6 Å². The molecule has 6 heteroatoms. The van der Waals surface area contributed by atoms with Gasteiger partial charge in [-0.2, -0.15) is 0 Å². The smallest absolute Gasteiger partial charge is 0.215 e. The van der Waals surface area contributed by atoms with Crippen molar-refractivity contribution < 1.29 is 19.1 Å². The fourth-order valence-electron chi connectivity index (χ4n) is 4.08. The van der Waals surface area contributed by atoms with E-state index < -0.39 is 11.5 Å². The molecule has 3 aromatic rings. The molecule has 0 N–H and O–H groups in total. The first-order chi connectivity index (χ1) is 15.1. The number of ether oxygens (including phenoxy) is 2. The van der Waals surface area contributed by atoms with Crippen molar-refractivity contribution in [3.05, 3.63) is 94.5 Å². The molecule has 31 heavy (non-hydrogen) atoms. The monoisotopic (exact) mass is 454 g/mol. The first-order valence-corrected chi connectivity index (χ1v) is 10.8. The Kier molecular flexibility index (Phi) is 6.30. The third-order valence-electron chi connectivity index (χ3n) is 5.45. The summed E-state index contributed by atoms with van der Waals surface area (Å²) in [7, 11) is 0. The summed E-state index contributed by atoms with van der Waals surface area (Å²) >= 11 is 11.8. The van der Waals surface area contributed by atoms with Crippen molar-refractivity contribution in [2.75, 3.05) is 12.5 Å². The number of fused-ring (bicyclic) bond motifs is 1. The van der Waals surface area contributed by atoms with Gasteiger partial charge in [0.25, 0.3) is 0 Å². The Morgan fingerprint density at radius 1 is 1.03 bits per heavy atom. The number of alkyl halides is 1. The summed E-state index contributed by atoms with van der Waals surface area (Å²) < 4.78 is 12.1. The van der Waals surface area contributed by atoms with Crippen molar-refractivity contribution in [2.45, 2.75) is 17.9 Å². The number of carbonyl (C=O) groups excluding carboxylic acids is 2. The Morgan fingerprint density at radius 2 is 1.77 bits per heavy atom. The summed E-state index contributed by atoms with van der Waals surface area (Å²) in [6.07, 6.45) is 0.936. The summed E-state index contributed by atoms with van der Waals surface area (Å²) in [6, 6.07) is 21.6. The molecule has 0 saturated heterocycles. The minimum Gasteiger partial charge on any atom is -0.492 e. The number of benzene rings is 3. The van der Waals surface area contributed by atoms with E-state index in [0.717, 1.165) is 11.8 Å². The maximum absolute atomic E-state index is 13.9. The highest BCUT2D eigenvalue weighted by Crippen LogP contribution is 2.51. The van der Waals surface area contributed by atoms with E-state index in [4.69, 9.17) is 32.7 Å². The molecule has 1 unspecified atom stereocenters. The van der Waals surface area contributed by atoms with E-state index in [2.05, 4.69) is 0 Å². The molecular weight excluding hydrogens is 435 g/mol. The van der Waals surface area contributed by atoms with Gasteiger partial charge >= 0.3 is 0 Å². The molecule has 0 aliphatic carbocycles. The molecule has 0 saturated carbocycles. The zero-order valence-corrected chi connectivity index (χ0v) is 18.1. The van der Waals surface area contributed by atoms with Gasteiger partial charge in [-0.15, -0.1) is 11.6 Å². The first kappa shape index (κ1) is 21.4. The second kappa shape index (κ2) is 9.13. The van der Waals surface area contributed by atoms with Gasteiger partial charge in [-0.1, -0.05) is 54.1 Å². The van der Waals surface area contributed by atoms with E-state index in [1.165, 1.54) is 0 Å². The number of Topliss-reactive ketones (excluding diaryl/α,β-unsaturated/α-hetero) is 1. The first-order valence-electron chi connectivity index (χ1n) is 9.91. The van der Waals surface area contributed by atoms with Crippen LogP contribution in [0.1, 0.15) is 33.8 Å². The summed E-state index contributed by atoms with van der Waals surface area (Å²) in [5, 5.41) is 0.547. The Hall–Kier alpha value is -2.82. The van der Waals surface area contributed by atoms with Crippen molar-refractivity contribution in [1.82, 2.24) is 0 Å². The number of rotatable bonds is 8. The van der Waals surface area contributed by atoms with Crippen LogP contribution in [0.2, 0.25) is 5.02 Å². The molecular formula is C25H20Cl2O4. The minimum atomic E-state index is -1.40. The van der Waals surface area contributed by atoms with E-state index in [1.54, 1.807) is 42.5 Å². The molecule has 0 amide bonds. The highest BCUT2D eigenvalue weighted by atomic mass is 35.5. The highest BCUT2D eigenvalue weighted by Gasteiger charge is 2.55. The van der Waals surface area contributed by atoms with Crippen LogP contribution in [0.4, 0.5) is 0 Å². The van der Waals surface area contributed by atoms with Crippen LogP contribution in [0, 0.1) is 0 Å². The summed E-state index contributed by atoms with van der Waals surface area (Å²) in [4.78, 5) is 25.6. The number of hydrogen-bond acceptors (Lipinski definition) is 4. The van der Waals surface area contributed by atoms with Gasteiger partial charge in [0, 0.05) is 29.0 Å². The van der Waals surface area contributed by atoms with Crippen LogP contribution >= 0.6 is 23.2 Å². The molecule has 2 atom stereocenters. The average Bonchev–Trinajstić information content (AvgIpc) is 3.09. The second-order valence-corrected chi connectivity index (χ2v) is 8.05. The molecule has 0 fully saturated rings. The highest BCUT2D eigenvalue weighted by molar-refractivity contribution is 6.30. The van der Waals surface area contributed by atoms with E-state index in [1.807, 2.05) is 30.3 Å². The Morgan fingerprint density at radius 3 is 2.45 bits per heavy atom. The standard InChI is InChI=1S/C25H20Cl2O4/c26-13-15-30-20-10-11-21-23(16-20)31-25(24(21)29,18-6-8-19(27)9-7-18)22(12-14-28)17-4-2-1-3-5-17/h1-11,14,16,22H,12-13,15H2/t22?,25-/m1/s1. The number of carbonyl (C=O) groups is 2. The third-order valence-corrected chi connectivity index (χ3v) is 5.86. The van der Waals surface area contributed by atoms with Gasteiger partial charge in [0.2, 0.25) is 11.4 Å². The van der Waals surface area contributed by atoms with Crippen molar-refractivity contribution in [3.8, 4) is 11.5 Å². The fraction of sp³-hybridized carbons (Fsp3) is 0.200. The van der Waals surface area contributed by atoms with E-state index >= 15 is 0 Å². The zero-order chi connectivity index (χ0) is 21.8. The van der Waals surface area contributed by atoms with Gasteiger partial charge < -0.3 is 14.3 Å². The van der Waals surface area contributed by atoms with Crippen LogP contribution in [0.15, 0.2) is 72.8 Å². The lowest BCUT2D eigenvalue weighted by molar-refractivity contribution is -0.109. The Bertz CT molecular complexity index is 1080. The number of halogens is 2. The fourth-order valence-corrected chi connectivity index (χ4v) is 4.28.